The Morgan fingerprint density at radius 2 is 1.58 bits per heavy atom. The van der Waals surface area contributed by atoms with Crippen molar-refractivity contribution < 1.29 is 14.3 Å². The maximum absolute atomic E-state index is 13.3. The molecule has 2 atom stereocenters. The Morgan fingerprint density at radius 1 is 0.970 bits per heavy atom. The molecule has 2 fully saturated rings. The summed E-state index contributed by atoms with van der Waals surface area (Å²) in [5.41, 5.74) is 4.88. The second-order valence-corrected chi connectivity index (χ2v) is 9.60. The number of ketones is 1. The van der Waals surface area contributed by atoms with Crippen molar-refractivity contribution in [3.8, 4) is 17.2 Å². The van der Waals surface area contributed by atoms with Crippen LogP contribution < -0.4 is 0 Å². The summed E-state index contributed by atoms with van der Waals surface area (Å²) in [6.45, 7) is 0.333. The van der Waals surface area contributed by atoms with Crippen molar-refractivity contribution in [1.29, 1.82) is 5.26 Å². The average Bonchev–Trinajstić information content (AvgIpc) is 3.15. The van der Waals surface area contributed by atoms with E-state index in [1.807, 2.05) is 17.0 Å². The van der Waals surface area contributed by atoms with Gasteiger partial charge in [0, 0.05) is 36.8 Å². The lowest BCUT2D eigenvalue weighted by atomic mass is 9.76. The fraction of sp³-hybridized carbons (Fsp3) is 0.464. The molecule has 2 unspecified atom stereocenters. The Kier molecular flexibility index (Phi) is 6.17. The molecule has 0 saturated carbocycles. The summed E-state index contributed by atoms with van der Waals surface area (Å²) in [6.07, 6.45) is 5.72. The summed E-state index contributed by atoms with van der Waals surface area (Å²) in [4.78, 5) is 27.9. The molecule has 2 aromatic carbocycles. The monoisotopic (exact) mass is 442 g/mol. The first-order valence-corrected chi connectivity index (χ1v) is 12.2. The van der Waals surface area contributed by atoms with Crippen LogP contribution in [0.15, 0.2) is 48.5 Å². The molecule has 33 heavy (non-hydrogen) atoms. The van der Waals surface area contributed by atoms with Gasteiger partial charge in [-0.15, -0.1) is 0 Å². The number of piperidine rings is 2. The predicted octanol–water partition coefficient (Wildman–Crippen LogP) is 5.83. The first kappa shape index (κ1) is 21.7. The summed E-state index contributed by atoms with van der Waals surface area (Å²) in [6, 6.07) is 19.0. The van der Waals surface area contributed by atoms with Crippen molar-refractivity contribution in [2.24, 2.45) is 5.92 Å². The quantitative estimate of drug-likeness (QED) is 0.528. The van der Waals surface area contributed by atoms with E-state index in [1.165, 1.54) is 22.3 Å². The minimum atomic E-state index is -0.234. The number of rotatable bonds is 6. The molecule has 2 heterocycles. The number of hydrogen-bond donors (Lipinski definition) is 0. The number of unbranched alkanes of at least 4 members (excludes halogenated alkanes) is 1. The molecule has 2 saturated heterocycles. The lowest BCUT2D eigenvalue weighted by Crippen LogP contribution is -2.55. The second-order valence-electron chi connectivity index (χ2n) is 9.60. The van der Waals surface area contributed by atoms with Crippen molar-refractivity contribution in [3.05, 3.63) is 59.7 Å². The maximum Gasteiger partial charge on any atom is 0.410 e. The summed E-state index contributed by atoms with van der Waals surface area (Å²) in [7, 11) is 0. The van der Waals surface area contributed by atoms with E-state index in [4.69, 9.17) is 10.00 Å². The molecule has 2 aromatic rings. The highest BCUT2D eigenvalue weighted by Crippen LogP contribution is 2.45. The van der Waals surface area contributed by atoms with Crippen molar-refractivity contribution in [2.45, 2.75) is 69.4 Å². The van der Waals surface area contributed by atoms with Gasteiger partial charge in [-0.05, 0) is 60.8 Å². The third kappa shape index (κ3) is 4.15. The van der Waals surface area contributed by atoms with Crippen LogP contribution in [-0.2, 0) is 9.53 Å². The largest absolute Gasteiger partial charge is 0.448 e. The minimum Gasteiger partial charge on any atom is -0.448 e. The fourth-order valence-electron chi connectivity index (χ4n) is 6.16. The molecule has 0 spiro atoms. The number of nitrogens with zero attached hydrogens (tertiary/aromatic N) is 2. The molecule has 5 rings (SSSR count). The lowest BCUT2D eigenvalue weighted by molar-refractivity contribution is -0.126. The van der Waals surface area contributed by atoms with Crippen molar-refractivity contribution in [3.63, 3.8) is 0 Å². The number of benzene rings is 2. The van der Waals surface area contributed by atoms with Gasteiger partial charge in [0.05, 0.1) is 6.07 Å². The first-order valence-electron chi connectivity index (χ1n) is 12.2. The van der Waals surface area contributed by atoms with Crippen molar-refractivity contribution >= 4 is 11.9 Å². The SMILES string of the molecule is N#CCCCC(=O)C1CC2CCCC(C1)N2C(=O)OCC1c2ccccc2-c2ccccc21. The van der Waals surface area contributed by atoms with Gasteiger partial charge in [-0.1, -0.05) is 48.5 Å². The molecule has 5 nitrogen and oxygen atoms in total. The number of nitriles is 1. The van der Waals surface area contributed by atoms with Crippen LogP contribution in [0.2, 0.25) is 0 Å². The second kappa shape index (κ2) is 9.39. The smallest absolute Gasteiger partial charge is 0.410 e. The van der Waals surface area contributed by atoms with E-state index in [2.05, 4.69) is 42.5 Å². The third-order valence-corrected chi connectivity index (χ3v) is 7.69. The van der Waals surface area contributed by atoms with Crippen LogP contribution in [0.3, 0.4) is 0 Å². The van der Waals surface area contributed by atoms with E-state index in [1.54, 1.807) is 0 Å². The molecule has 0 radical (unpaired) electrons. The molecule has 170 valence electrons. The Bertz CT molecular complexity index is 1030. The number of hydrogen-bond acceptors (Lipinski definition) is 4. The zero-order chi connectivity index (χ0) is 22.8. The highest BCUT2D eigenvalue weighted by Gasteiger charge is 2.43. The van der Waals surface area contributed by atoms with Crippen molar-refractivity contribution in [1.82, 2.24) is 4.90 Å². The topological polar surface area (TPSA) is 70.4 Å². The summed E-state index contributed by atoms with van der Waals surface area (Å²) < 4.78 is 5.96. The van der Waals surface area contributed by atoms with Gasteiger partial charge in [-0.25, -0.2) is 4.79 Å². The molecule has 0 aromatic heterocycles. The standard InChI is InChI=1S/C28H30N2O3/c29-15-6-5-14-27(31)19-16-20-8-7-9-21(17-19)30(20)28(32)33-18-26-24-12-3-1-10-22(24)23-11-2-4-13-25(23)26/h1-4,10-13,19-21,26H,5-9,14,16-18H2. The van der Waals surface area contributed by atoms with Crippen LogP contribution in [0.4, 0.5) is 4.79 Å². The third-order valence-electron chi connectivity index (χ3n) is 7.69. The van der Waals surface area contributed by atoms with Gasteiger partial charge in [0.25, 0.3) is 0 Å². The molecular formula is C28H30N2O3. The predicted molar refractivity (Wildman–Crippen MR) is 126 cm³/mol. The number of fused-ring (bicyclic) bond motifs is 5. The lowest BCUT2D eigenvalue weighted by Gasteiger charge is -2.47. The van der Waals surface area contributed by atoms with E-state index in [9.17, 15) is 9.59 Å². The minimum absolute atomic E-state index is 0.0108. The molecule has 3 aliphatic rings. The van der Waals surface area contributed by atoms with Crippen molar-refractivity contribution in [2.75, 3.05) is 6.61 Å². The summed E-state index contributed by atoms with van der Waals surface area (Å²) >= 11 is 0. The Balaban J connectivity index is 1.26. The molecule has 0 N–H and O–H groups in total. The highest BCUT2D eigenvalue weighted by molar-refractivity contribution is 5.82. The van der Waals surface area contributed by atoms with Crippen LogP contribution in [0.1, 0.15) is 68.4 Å². The van der Waals surface area contributed by atoms with Crippen LogP contribution in [0.25, 0.3) is 11.1 Å². The normalized spacial score (nSPS) is 23.4. The summed E-state index contributed by atoms with van der Waals surface area (Å²) in [5, 5.41) is 8.73. The molecular weight excluding hydrogens is 412 g/mol. The molecule has 1 aliphatic carbocycles. The number of carbonyl (C=O) groups is 2. The highest BCUT2D eigenvalue weighted by atomic mass is 16.6. The Hall–Kier alpha value is -3.13. The number of amides is 1. The zero-order valence-electron chi connectivity index (χ0n) is 18.9. The van der Waals surface area contributed by atoms with Gasteiger partial charge in [-0.3, -0.25) is 4.79 Å². The van der Waals surface area contributed by atoms with Gasteiger partial charge in [0.2, 0.25) is 0 Å². The van der Waals surface area contributed by atoms with Crippen LogP contribution >= 0.6 is 0 Å². The van der Waals surface area contributed by atoms with Gasteiger partial charge >= 0.3 is 6.09 Å². The molecule has 2 aliphatic heterocycles. The van der Waals surface area contributed by atoms with Gasteiger partial charge < -0.3 is 9.64 Å². The molecule has 1 amide bonds. The van der Waals surface area contributed by atoms with E-state index in [-0.39, 0.29) is 35.8 Å². The maximum atomic E-state index is 13.3. The van der Waals surface area contributed by atoms with Crippen LogP contribution in [-0.4, -0.2) is 35.5 Å². The Morgan fingerprint density at radius 3 is 2.18 bits per heavy atom. The summed E-state index contributed by atoms with van der Waals surface area (Å²) in [5.74, 6) is 0.325. The average molecular weight is 443 g/mol. The van der Waals surface area contributed by atoms with Gasteiger partial charge in [0.15, 0.2) is 0 Å². The molecule has 2 bridgehead atoms. The number of carbonyl (C=O) groups excluding carboxylic acids is 2. The zero-order valence-corrected chi connectivity index (χ0v) is 18.9. The van der Waals surface area contributed by atoms with Gasteiger partial charge in [0.1, 0.15) is 12.4 Å². The van der Waals surface area contributed by atoms with Gasteiger partial charge in [-0.2, -0.15) is 5.26 Å². The van der Waals surface area contributed by atoms with E-state index in [0.717, 1.165) is 32.1 Å². The Labute approximate surface area is 195 Å². The van der Waals surface area contributed by atoms with E-state index in [0.29, 0.717) is 25.9 Å². The number of Topliss-reactive ketones (excluding diaryl/α,β-unsaturated/α-hetero) is 1. The molecule has 5 heteroatoms. The fourth-order valence-corrected chi connectivity index (χ4v) is 6.16. The van der Waals surface area contributed by atoms with E-state index < -0.39 is 0 Å². The van der Waals surface area contributed by atoms with E-state index >= 15 is 0 Å². The number of ether oxygens (including phenoxy) is 1. The van der Waals surface area contributed by atoms with Crippen LogP contribution in [0.5, 0.6) is 0 Å². The van der Waals surface area contributed by atoms with Crippen LogP contribution in [0, 0.1) is 17.2 Å². The first-order chi connectivity index (χ1) is 16.2.